The van der Waals surface area contributed by atoms with Gasteiger partial charge in [-0.3, -0.25) is 4.99 Å². The van der Waals surface area contributed by atoms with Crippen LogP contribution in [0.4, 0.5) is 4.79 Å². The highest BCUT2D eigenvalue weighted by Crippen LogP contribution is 2.17. The molecule has 1 aliphatic carbocycles. The second-order valence-corrected chi connectivity index (χ2v) is 7.21. The number of aliphatic imine (C=N–C) groups is 1. The minimum Gasteiger partial charge on any atom is -0.444 e. The maximum atomic E-state index is 12.1. The van der Waals surface area contributed by atoms with Crippen LogP contribution in [0.1, 0.15) is 66.2 Å². The normalized spacial score (nSPS) is 16.2. The van der Waals surface area contributed by atoms with Crippen molar-refractivity contribution in [2.75, 3.05) is 19.6 Å². The average Bonchev–Trinajstić information content (AvgIpc) is 2.45. The highest BCUT2D eigenvalue weighted by Gasteiger charge is 2.21. The van der Waals surface area contributed by atoms with Crippen LogP contribution in [0.5, 0.6) is 0 Å². The lowest BCUT2D eigenvalue weighted by molar-refractivity contribution is 0.0256. The summed E-state index contributed by atoms with van der Waals surface area (Å²) in [6.45, 7) is 9.35. The van der Waals surface area contributed by atoms with E-state index in [0.717, 1.165) is 19.3 Å². The Labute approximate surface area is 164 Å². The molecule has 0 atom stereocenters. The van der Waals surface area contributed by atoms with Gasteiger partial charge >= 0.3 is 6.09 Å². The predicted octanol–water partition coefficient (Wildman–Crippen LogP) is 3.49. The maximum Gasteiger partial charge on any atom is 0.410 e. The molecule has 142 valence electrons. The minimum absolute atomic E-state index is 0. The lowest BCUT2D eigenvalue weighted by Gasteiger charge is -2.27. The molecule has 0 aromatic heterocycles. The van der Waals surface area contributed by atoms with Gasteiger partial charge in [-0.1, -0.05) is 26.2 Å². The molecule has 1 aliphatic rings. The number of rotatable bonds is 6. The van der Waals surface area contributed by atoms with Crippen molar-refractivity contribution in [1.82, 2.24) is 10.2 Å². The third-order valence-corrected chi connectivity index (χ3v) is 3.75. The number of nitrogens with two attached hydrogens (primary N) is 1. The molecule has 0 aromatic carbocycles. The van der Waals surface area contributed by atoms with Crippen molar-refractivity contribution in [3.8, 4) is 0 Å². The molecule has 0 spiro atoms. The molecule has 3 N–H and O–H groups in total. The topological polar surface area (TPSA) is 80.0 Å². The second-order valence-electron chi connectivity index (χ2n) is 7.21. The number of halogens is 1. The van der Waals surface area contributed by atoms with E-state index in [2.05, 4.69) is 10.3 Å². The molecule has 0 unspecified atom stereocenters. The Morgan fingerprint density at radius 1 is 1.25 bits per heavy atom. The first-order chi connectivity index (χ1) is 10.8. The van der Waals surface area contributed by atoms with Gasteiger partial charge in [0.25, 0.3) is 0 Å². The van der Waals surface area contributed by atoms with Crippen molar-refractivity contribution in [2.45, 2.75) is 77.9 Å². The van der Waals surface area contributed by atoms with Crippen molar-refractivity contribution in [3.05, 3.63) is 0 Å². The molecular formula is C17H35IN4O2. The molecule has 0 saturated heterocycles. The third kappa shape index (κ3) is 10.2. The van der Waals surface area contributed by atoms with Crippen LogP contribution in [0.25, 0.3) is 0 Å². The smallest absolute Gasteiger partial charge is 0.410 e. The number of amides is 1. The number of nitrogens with one attached hydrogen (secondary N) is 1. The number of ether oxygens (including phenoxy) is 1. The number of carbonyl (C=O) groups excluding carboxylic acids is 1. The van der Waals surface area contributed by atoms with E-state index < -0.39 is 5.60 Å². The van der Waals surface area contributed by atoms with Gasteiger partial charge < -0.3 is 20.7 Å². The molecule has 24 heavy (non-hydrogen) atoms. The van der Waals surface area contributed by atoms with Crippen molar-refractivity contribution >= 4 is 36.0 Å². The van der Waals surface area contributed by atoms with Crippen molar-refractivity contribution in [3.63, 3.8) is 0 Å². The predicted molar refractivity (Wildman–Crippen MR) is 110 cm³/mol. The number of nitrogens with zero attached hydrogens (tertiary/aromatic N) is 2. The molecule has 0 heterocycles. The summed E-state index contributed by atoms with van der Waals surface area (Å²) in [4.78, 5) is 18.2. The van der Waals surface area contributed by atoms with Crippen LogP contribution in [0.15, 0.2) is 4.99 Å². The average molecular weight is 454 g/mol. The summed E-state index contributed by atoms with van der Waals surface area (Å²) in [5, 5.41) is 3.29. The Morgan fingerprint density at radius 3 is 2.42 bits per heavy atom. The zero-order valence-electron chi connectivity index (χ0n) is 15.6. The molecule has 0 radical (unpaired) electrons. The van der Waals surface area contributed by atoms with Gasteiger partial charge in [-0.05, 0) is 40.0 Å². The van der Waals surface area contributed by atoms with E-state index in [1.54, 1.807) is 4.90 Å². The molecule has 7 heteroatoms. The summed E-state index contributed by atoms with van der Waals surface area (Å²) in [6, 6.07) is 0.449. The Bertz CT molecular complexity index is 391. The first-order valence-electron chi connectivity index (χ1n) is 8.86. The van der Waals surface area contributed by atoms with E-state index in [9.17, 15) is 4.79 Å². The standard InChI is InChI=1S/C17H34N4O2.HI/c1-5-12-21(16(22)23-17(2,3)4)13-11-19-15(18)20-14-9-7-6-8-10-14;/h14H,5-13H2,1-4H3,(H3,18,19,20);1H. The molecule has 1 amide bonds. The molecule has 1 fully saturated rings. The van der Waals surface area contributed by atoms with E-state index >= 15 is 0 Å². The molecular weight excluding hydrogens is 419 g/mol. The van der Waals surface area contributed by atoms with E-state index in [4.69, 9.17) is 10.5 Å². The Balaban J connectivity index is 0.00000529. The van der Waals surface area contributed by atoms with Gasteiger partial charge in [0, 0.05) is 19.1 Å². The third-order valence-electron chi connectivity index (χ3n) is 3.75. The van der Waals surface area contributed by atoms with Crippen LogP contribution in [0.2, 0.25) is 0 Å². The largest absolute Gasteiger partial charge is 0.444 e. The first kappa shape index (κ1) is 23.3. The second kappa shape index (κ2) is 11.8. The van der Waals surface area contributed by atoms with Crippen LogP contribution < -0.4 is 11.1 Å². The van der Waals surface area contributed by atoms with Gasteiger partial charge in [0.1, 0.15) is 5.60 Å². The van der Waals surface area contributed by atoms with Crippen LogP contribution >= 0.6 is 24.0 Å². The number of guanidine groups is 1. The fourth-order valence-corrected chi connectivity index (χ4v) is 2.68. The van der Waals surface area contributed by atoms with Crippen molar-refractivity contribution in [1.29, 1.82) is 0 Å². The van der Waals surface area contributed by atoms with E-state index in [1.165, 1.54) is 19.3 Å². The Kier molecular flexibility index (Phi) is 11.4. The summed E-state index contributed by atoms with van der Waals surface area (Å²) in [7, 11) is 0. The number of hydrogen-bond acceptors (Lipinski definition) is 3. The molecule has 0 aliphatic heterocycles. The van der Waals surface area contributed by atoms with E-state index in [0.29, 0.717) is 31.6 Å². The Morgan fingerprint density at radius 2 is 1.88 bits per heavy atom. The summed E-state index contributed by atoms with van der Waals surface area (Å²) in [5.74, 6) is 0.484. The number of hydrogen-bond donors (Lipinski definition) is 2. The monoisotopic (exact) mass is 454 g/mol. The van der Waals surface area contributed by atoms with E-state index in [-0.39, 0.29) is 30.1 Å². The zero-order chi connectivity index (χ0) is 17.3. The zero-order valence-corrected chi connectivity index (χ0v) is 18.0. The highest BCUT2D eigenvalue weighted by atomic mass is 127. The molecule has 0 aromatic rings. The summed E-state index contributed by atoms with van der Waals surface area (Å²) >= 11 is 0. The summed E-state index contributed by atoms with van der Waals surface area (Å²) < 4.78 is 5.42. The fourth-order valence-electron chi connectivity index (χ4n) is 2.68. The SMILES string of the molecule is CCCN(CCN=C(N)NC1CCCCC1)C(=O)OC(C)(C)C.I. The van der Waals surface area contributed by atoms with Crippen molar-refractivity contribution < 1.29 is 9.53 Å². The summed E-state index contributed by atoms with van der Waals surface area (Å²) in [6.07, 6.45) is 6.76. The number of carbonyl (C=O) groups is 1. The van der Waals surface area contributed by atoms with Gasteiger partial charge in [0.05, 0.1) is 6.54 Å². The van der Waals surface area contributed by atoms with Crippen LogP contribution in [0, 0.1) is 0 Å². The van der Waals surface area contributed by atoms with Gasteiger partial charge in [-0.2, -0.15) is 0 Å². The van der Waals surface area contributed by atoms with Gasteiger partial charge in [0.15, 0.2) is 5.96 Å². The molecule has 1 rings (SSSR count). The van der Waals surface area contributed by atoms with Crippen LogP contribution in [-0.4, -0.2) is 48.2 Å². The quantitative estimate of drug-likeness (QED) is 0.366. The van der Waals surface area contributed by atoms with Crippen molar-refractivity contribution in [2.24, 2.45) is 10.7 Å². The molecule has 1 saturated carbocycles. The van der Waals surface area contributed by atoms with E-state index in [1.807, 2.05) is 27.7 Å². The lowest BCUT2D eigenvalue weighted by atomic mass is 9.96. The first-order valence-corrected chi connectivity index (χ1v) is 8.86. The van der Waals surface area contributed by atoms with Gasteiger partial charge in [-0.25, -0.2) is 4.79 Å². The summed E-state index contributed by atoms with van der Waals surface area (Å²) in [5.41, 5.74) is 5.47. The van der Waals surface area contributed by atoms with Gasteiger partial charge in [0.2, 0.25) is 0 Å². The fraction of sp³-hybridized carbons (Fsp3) is 0.882. The maximum absolute atomic E-state index is 12.1. The van der Waals surface area contributed by atoms with Crippen LogP contribution in [0.3, 0.4) is 0 Å². The molecule has 0 bridgehead atoms. The Hall–Kier alpha value is -0.730. The minimum atomic E-state index is -0.478. The highest BCUT2D eigenvalue weighted by molar-refractivity contribution is 14.0. The van der Waals surface area contributed by atoms with Crippen LogP contribution in [-0.2, 0) is 4.74 Å². The molecule has 6 nitrogen and oxygen atoms in total. The van der Waals surface area contributed by atoms with Gasteiger partial charge in [-0.15, -0.1) is 24.0 Å². The lowest BCUT2D eigenvalue weighted by Crippen LogP contribution is -2.42.